The van der Waals surface area contributed by atoms with Crippen LogP contribution in [-0.2, 0) is 23.7 Å². The Morgan fingerprint density at radius 3 is 2.67 bits per heavy atom. The number of rotatable bonds is 2. The minimum atomic E-state index is -1.69. The maximum atomic E-state index is 14.0. The van der Waals surface area contributed by atoms with Crippen molar-refractivity contribution >= 4 is 28.6 Å². The summed E-state index contributed by atoms with van der Waals surface area (Å²) in [6, 6.07) is 0. The molecular formula is C34H49IO7. The SMILES string of the molecule is CC[C@H](C)[C@H]1O[C@]2(CC[C@@H]1C)C[C@@H]1C[C@@H](C/C=C(\C)[C@H](I)[C@@H](C)/C=C/C=C3\CO[C@@H]4[C@H](O)C(C)=C[C@@H](C(=O)O1)[C@]34O)O2. The highest BCUT2D eigenvalue weighted by Gasteiger charge is 2.60. The molecule has 5 rings (SSSR count). The van der Waals surface area contributed by atoms with Gasteiger partial charge < -0.3 is 29.2 Å². The molecule has 4 heterocycles. The van der Waals surface area contributed by atoms with E-state index in [0.717, 1.165) is 19.3 Å². The Morgan fingerprint density at radius 2 is 1.93 bits per heavy atom. The van der Waals surface area contributed by atoms with Crippen LogP contribution in [0, 0.1) is 23.7 Å². The first-order valence-electron chi connectivity index (χ1n) is 15.8. The molecule has 1 aliphatic carbocycles. The molecule has 0 saturated carbocycles. The highest BCUT2D eigenvalue weighted by molar-refractivity contribution is 14.1. The topological polar surface area (TPSA) is 94.5 Å². The molecule has 4 aliphatic heterocycles. The molecule has 0 aromatic heterocycles. The van der Waals surface area contributed by atoms with Crippen LogP contribution in [0.15, 0.2) is 47.1 Å². The van der Waals surface area contributed by atoms with Gasteiger partial charge >= 0.3 is 5.97 Å². The van der Waals surface area contributed by atoms with E-state index in [1.807, 2.05) is 12.2 Å². The molecule has 12 atom stereocenters. The van der Waals surface area contributed by atoms with Crippen molar-refractivity contribution in [2.24, 2.45) is 23.7 Å². The fourth-order valence-electron chi connectivity index (χ4n) is 7.54. The zero-order valence-electron chi connectivity index (χ0n) is 25.9. The zero-order valence-corrected chi connectivity index (χ0v) is 28.1. The van der Waals surface area contributed by atoms with Crippen molar-refractivity contribution in [2.75, 3.05) is 6.61 Å². The number of fused-ring (bicyclic) bond motifs is 2. The molecule has 1 spiro atoms. The number of hydrogen-bond donors (Lipinski definition) is 2. The van der Waals surface area contributed by atoms with Crippen LogP contribution in [0.5, 0.6) is 0 Å². The molecule has 3 fully saturated rings. The van der Waals surface area contributed by atoms with Gasteiger partial charge in [-0.3, -0.25) is 4.79 Å². The summed E-state index contributed by atoms with van der Waals surface area (Å²) in [5.41, 5.74) is 0.759. The molecule has 2 bridgehead atoms. The van der Waals surface area contributed by atoms with Gasteiger partial charge in [-0.1, -0.05) is 92.7 Å². The van der Waals surface area contributed by atoms with Crippen molar-refractivity contribution in [2.45, 2.75) is 126 Å². The molecule has 5 aliphatic rings. The van der Waals surface area contributed by atoms with Crippen LogP contribution in [0.25, 0.3) is 0 Å². The fourth-order valence-corrected chi connectivity index (χ4v) is 8.03. The molecule has 3 saturated heterocycles. The van der Waals surface area contributed by atoms with Gasteiger partial charge in [-0.2, -0.15) is 0 Å². The predicted molar refractivity (Wildman–Crippen MR) is 170 cm³/mol. The molecule has 7 nitrogen and oxygen atoms in total. The number of aliphatic hydroxyl groups excluding tert-OH is 1. The minimum absolute atomic E-state index is 0.0792. The normalized spacial score (nSPS) is 48.6. The number of carbonyl (C=O) groups excluding carboxylic acids is 1. The number of ether oxygens (including phenoxy) is 4. The lowest BCUT2D eigenvalue weighted by Gasteiger charge is -2.51. The number of hydrogen-bond acceptors (Lipinski definition) is 7. The molecular weight excluding hydrogens is 647 g/mol. The van der Waals surface area contributed by atoms with E-state index in [4.69, 9.17) is 18.9 Å². The molecule has 0 aromatic carbocycles. The smallest absolute Gasteiger partial charge is 0.316 e. The summed E-state index contributed by atoms with van der Waals surface area (Å²) in [4.78, 5) is 14.0. The molecule has 42 heavy (non-hydrogen) atoms. The summed E-state index contributed by atoms with van der Waals surface area (Å²) in [5, 5.41) is 23.1. The van der Waals surface area contributed by atoms with Crippen LogP contribution in [0.1, 0.15) is 80.1 Å². The summed E-state index contributed by atoms with van der Waals surface area (Å²) < 4.78 is 26.2. The summed E-state index contributed by atoms with van der Waals surface area (Å²) in [7, 11) is 0. The van der Waals surface area contributed by atoms with Crippen LogP contribution < -0.4 is 0 Å². The number of aliphatic hydroxyl groups is 2. The fraction of sp³-hybridized carbons (Fsp3) is 0.735. The quantitative estimate of drug-likeness (QED) is 0.159. The van der Waals surface area contributed by atoms with Crippen molar-refractivity contribution in [1.82, 2.24) is 0 Å². The van der Waals surface area contributed by atoms with Gasteiger partial charge in [-0.15, -0.1) is 0 Å². The Hall–Kier alpha value is -1.04. The van der Waals surface area contributed by atoms with Gasteiger partial charge in [0, 0.05) is 23.2 Å². The molecule has 0 aromatic rings. The first-order chi connectivity index (χ1) is 19.9. The zero-order chi connectivity index (χ0) is 30.4. The maximum absolute atomic E-state index is 14.0. The van der Waals surface area contributed by atoms with Crippen molar-refractivity contribution in [3.63, 3.8) is 0 Å². The third-order valence-corrected chi connectivity index (χ3v) is 12.5. The summed E-state index contributed by atoms with van der Waals surface area (Å²) in [5.74, 6) is -1.24. The Labute approximate surface area is 264 Å². The first kappa shape index (κ1) is 32.4. The van der Waals surface area contributed by atoms with E-state index < -0.39 is 41.6 Å². The van der Waals surface area contributed by atoms with Gasteiger partial charge in [-0.05, 0) is 55.6 Å². The van der Waals surface area contributed by atoms with E-state index in [0.29, 0.717) is 42.2 Å². The monoisotopic (exact) mass is 696 g/mol. The lowest BCUT2D eigenvalue weighted by Crippen LogP contribution is -2.58. The Bertz CT molecular complexity index is 1140. The number of halogens is 1. The van der Waals surface area contributed by atoms with Crippen LogP contribution in [-0.4, -0.2) is 68.6 Å². The Kier molecular flexibility index (Phi) is 9.83. The number of allylic oxidation sites excluding steroid dienone is 4. The second kappa shape index (κ2) is 12.8. The lowest BCUT2D eigenvalue weighted by atomic mass is 9.71. The van der Waals surface area contributed by atoms with Gasteiger partial charge in [0.15, 0.2) is 5.79 Å². The van der Waals surface area contributed by atoms with Gasteiger partial charge in [0.25, 0.3) is 0 Å². The van der Waals surface area contributed by atoms with Gasteiger partial charge in [0.1, 0.15) is 29.8 Å². The number of esters is 1. The van der Waals surface area contributed by atoms with Crippen molar-refractivity contribution in [3.05, 3.63) is 47.1 Å². The van der Waals surface area contributed by atoms with Gasteiger partial charge in [0.2, 0.25) is 0 Å². The largest absolute Gasteiger partial charge is 0.462 e. The standard InChI is InChI=1S/C34H49IO7/c1-7-19(2)30-22(5)13-14-33(42-30)17-26-16-25(41-33)12-11-21(4)28(35)20(3)9-8-10-24-18-39-31-29(36)23(6)15-27(32(37)40-26)34(24,31)38/h8-11,15,19-20,22,25-31,36,38H,7,12-14,16-18H2,1-6H3/b9-8+,21-11+,24-10+/t19-,20-,22-,25+,26-,27-,28+,29+,30+,31+,33+,34+/m0/s1. The van der Waals surface area contributed by atoms with E-state index in [9.17, 15) is 15.0 Å². The summed E-state index contributed by atoms with van der Waals surface area (Å²) >= 11 is 2.50. The van der Waals surface area contributed by atoms with Gasteiger partial charge in [-0.25, -0.2) is 0 Å². The van der Waals surface area contributed by atoms with Crippen molar-refractivity contribution in [3.8, 4) is 0 Å². The molecule has 2 N–H and O–H groups in total. The first-order valence-corrected chi connectivity index (χ1v) is 17.1. The number of carbonyl (C=O) groups is 1. The van der Waals surface area contributed by atoms with Crippen molar-refractivity contribution < 1.29 is 34.0 Å². The molecule has 0 amide bonds. The average Bonchev–Trinajstić information content (AvgIpc) is 3.30. The second-order valence-corrected chi connectivity index (χ2v) is 14.9. The average molecular weight is 697 g/mol. The predicted octanol–water partition coefficient (Wildman–Crippen LogP) is 5.97. The Balaban J connectivity index is 1.53. The van der Waals surface area contributed by atoms with Crippen molar-refractivity contribution in [1.29, 1.82) is 0 Å². The van der Waals surface area contributed by atoms with E-state index >= 15 is 0 Å². The third kappa shape index (κ3) is 6.10. The molecule has 234 valence electrons. The van der Waals surface area contributed by atoms with E-state index in [-0.39, 0.29) is 28.7 Å². The van der Waals surface area contributed by atoms with Crippen LogP contribution in [0.2, 0.25) is 0 Å². The minimum Gasteiger partial charge on any atom is -0.462 e. The second-order valence-electron chi connectivity index (χ2n) is 13.5. The maximum Gasteiger partial charge on any atom is 0.316 e. The molecule has 0 unspecified atom stereocenters. The lowest BCUT2D eigenvalue weighted by molar-refractivity contribution is -0.340. The van der Waals surface area contributed by atoms with Crippen LogP contribution >= 0.6 is 22.6 Å². The highest BCUT2D eigenvalue weighted by Crippen LogP contribution is 2.48. The highest BCUT2D eigenvalue weighted by atomic mass is 127. The van der Waals surface area contributed by atoms with E-state index in [1.54, 1.807) is 13.0 Å². The number of alkyl halides is 1. The summed E-state index contributed by atoms with van der Waals surface area (Å²) in [6.45, 7) is 12.9. The molecule has 8 heteroatoms. The van der Waals surface area contributed by atoms with Crippen LogP contribution in [0.3, 0.4) is 0 Å². The van der Waals surface area contributed by atoms with Crippen LogP contribution in [0.4, 0.5) is 0 Å². The van der Waals surface area contributed by atoms with Gasteiger partial charge in [0.05, 0.1) is 18.8 Å². The third-order valence-electron chi connectivity index (χ3n) is 10.4. The summed E-state index contributed by atoms with van der Waals surface area (Å²) in [6.07, 6.45) is 11.9. The van der Waals surface area contributed by atoms with E-state index in [2.05, 4.69) is 69.4 Å². The Morgan fingerprint density at radius 1 is 1.17 bits per heavy atom. The molecule has 0 radical (unpaired) electrons. The van der Waals surface area contributed by atoms with E-state index in [1.165, 1.54) is 5.57 Å².